The van der Waals surface area contributed by atoms with Crippen molar-refractivity contribution in [3.63, 3.8) is 0 Å². The zero-order valence-corrected chi connectivity index (χ0v) is 24.8. The van der Waals surface area contributed by atoms with E-state index in [-0.39, 0.29) is 23.1 Å². The summed E-state index contributed by atoms with van der Waals surface area (Å²) in [5.41, 5.74) is 3.96. The van der Waals surface area contributed by atoms with Gasteiger partial charge in [0.05, 0.1) is 0 Å². The van der Waals surface area contributed by atoms with E-state index in [2.05, 4.69) is 54.0 Å². The van der Waals surface area contributed by atoms with E-state index < -0.39 is 11.9 Å². The summed E-state index contributed by atoms with van der Waals surface area (Å²) in [7, 11) is 0. The number of thioether (sulfide) groups is 1. The quantitative estimate of drug-likeness (QED) is 0.136. The summed E-state index contributed by atoms with van der Waals surface area (Å²) in [5.74, 6) is -0.253. The van der Waals surface area contributed by atoms with Gasteiger partial charge in [-0.3, -0.25) is 4.98 Å². The number of aromatic carboxylic acids is 2. The lowest BCUT2D eigenvalue weighted by Crippen LogP contribution is -2.12. The van der Waals surface area contributed by atoms with Gasteiger partial charge in [-0.15, -0.1) is 0 Å². The summed E-state index contributed by atoms with van der Waals surface area (Å²) in [4.78, 5) is 27.1. The first-order valence-electron chi connectivity index (χ1n) is 14.3. The summed E-state index contributed by atoms with van der Waals surface area (Å²) in [6, 6.07) is 21.6. The average molecular weight is 636 g/mol. The minimum atomic E-state index is -1.21. The molecule has 3 aromatic heterocycles. The van der Waals surface area contributed by atoms with Crippen molar-refractivity contribution in [2.45, 2.75) is 24.0 Å². The third-order valence-electron chi connectivity index (χ3n) is 7.85. The molecule has 6 aromatic rings. The summed E-state index contributed by atoms with van der Waals surface area (Å²) in [6.45, 7) is 0. The molecule has 0 bridgehead atoms. The molecule has 1 fully saturated rings. The van der Waals surface area contributed by atoms with E-state index in [1.165, 1.54) is 11.1 Å². The molecular formula is C32H25N7O6S. The largest absolute Gasteiger partial charge is 0.476 e. The molecule has 2 unspecified atom stereocenters. The summed E-state index contributed by atoms with van der Waals surface area (Å²) in [6.07, 6.45) is 5.75. The van der Waals surface area contributed by atoms with Gasteiger partial charge in [0.15, 0.2) is 0 Å². The van der Waals surface area contributed by atoms with Crippen molar-refractivity contribution in [3.05, 3.63) is 102 Å². The Labute approximate surface area is 265 Å². The first-order valence-corrected chi connectivity index (χ1v) is 15.3. The Morgan fingerprint density at radius 2 is 1.39 bits per heavy atom. The summed E-state index contributed by atoms with van der Waals surface area (Å²) >= 11 is 1.96. The number of carbonyl (C=O) groups is 2. The molecule has 1 aliphatic heterocycles. The van der Waals surface area contributed by atoms with Crippen molar-refractivity contribution >= 4 is 34.5 Å². The Bertz CT molecular complexity index is 2040. The second kappa shape index (κ2) is 12.3. The zero-order valence-electron chi connectivity index (χ0n) is 24.0. The molecule has 0 amide bonds. The van der Waals surface area contributed by atoms with Crippen molar-refractivity contribution in [1.82, 2.24) is 35.8 Å². The van der Waals surface area contributed by atoms with E-state index in [4.69, 9.17) is 9.47 Å². The molecule has 0 spiro atoms. The van der Waals surface area contributed by atoms with E-state index in [1.807, 2.05) is 60.6 Å². The lowest BCUT2D eigenvalue weighted by atomic mass is 9.89. The van der Waals surface area contributed by atoms with Gasteiger partial charge >= 0.3 is 11.9 Å². The topological polar surface area (TPSA) is 189 Å². The molecule has 230 valence electrons. The van der Waals surface area contributed by atoms with Crippen LogP contribution in [0.15, 0.2) is 79.1 Å². The molecule has 0 aliphatic carbocycles. The maximum absolute atomic E-state index is 11.3. The summed E-state index contributed by atoms with van der Waals surface area (Å²) in [5, 5.41) is 40.0. The summed E-state index contributed by atoms with van der Waals surface area (Å²) < 4.78 is 11.3. The molecule has 13 nitrogen and oxygen atoms in total. The average Bonchev–Trinajstić information content (AvgIpc) is 3.75. The molecule has 4 N–H and O–H groups in total. The number of rotatable bonds is 9. The SMILES string of the molecule is O=C(O)c1[nH]nnc1Oc1ccc(-c2cncc3cc(C4CC(c5ccc(Oc6nn[nH]c6C(=O)O)cc5)CCS4)ccc23)cc1. The number of H-pyrrole nitrogens is 2. The normalized spacial score (nSPS) is 16.3. The zero-order chi connectivity index (χ0) is 31.6. The molecule has 1 saturated heterocycles. The minimum absolute atomic E-state index is 0.0756. The molecule has 7 rings (SSSR count). The van der Waals surface area contributed by atoms with Crippen molar-refractivity contribution < 1.29 is 29.3 Å². The molecule has 0 radical (unpaired) electrons. The fourth-order valence-electron chi connectivity index (χ4n) is 5.55. The lowest BCUT2D eigenvalue weighted by molar-refractivity contribution is 0.0676. The van der Waals surface area contributed by atoms with Crippen LogP contribution in [-0.4, -0.2) is 63.7 Å². The van der Waals surface area contributed by atoms with E-state index in [1.54, 1.807) is 12.1 Å². The van der Waals surface area contributed by atoms with E-state index in [9.17, 15) is 19.8 Å². The van der Waals surface area contributed by atoms with Crippen molar-refractivity contribution in [3.8, 4) is 34.4 Å². The van der Waals surface area contributed by atoms with Crippen LogP contribution < -0.4 is 9.47 Å². The molecule has 14 heteroatoms. The fourth-order valence-corrected chi connectivity index (χ4v) is 6.96. The number of fused-ring (bicyclic) bond motifs is 1. The van der Waals surface area contributed by atoms with E-state index in [0.29, 0.717) is 22.7 Å². The van der Waals surface area contributed by atoms with Gasteiger partial charge in [-0.2, -0.15) is 11.8 Å². The van der Waals surface area contributed by atoms with Crippen LogP contribution in [0.5, 0.6) is 23.3 Å². The van der Waals surface area contributed by atoms with Gasteiger partial charge in [-0.05, 0) is 76.9 Å². The van der Waals surface area contributed by atoms with Gasteiger partial charge in [-0.25, -0.2) is 19.8 Å². The Balaban J connectivity index is 1.05. The second-order valence-corrected chi connectivity index (χ2v) is 12.0. The maximum atomic E-state index is 11.3. The van der Waals surface area contributed by atoms with Crippen molar-refractivity contribution in [1.29, 1.82) is 0 Å². The molecule has 0 saturated carbocycles. The van der Waals surface area contributed by atoms with Crippen molar-refractivity contribution in [2.24, 2.45) is 0 Å². The number of hydrogen-bond acceptors (Lipinski definition) is 10. The number of aromatic amines is 2. The van der Waals surface area contributed by atoms with Gasteiger partial charge in [0.1, 0.15) is 11.5 Å². The molecule has 46 heavy (non-hydrogen) atoms. The number of benzene rings is 3. The smallest absolute Gasteiger partial charge is 0.359 e. The highest BCUT2D eigenvalue weighted by Crippen LogP contribution is 2.46. The van der Waals surface area contributed by atoms with Gasteiger partial charge in [-0.1, -0.05) is 57.0 Å². The van der Waals surface area contributed by atoms with Crippen LogP contribution in [0.1, 0.15) is 56.1 Å². The maximum Gasteiger partial charge on any atom is 0.359 e. The Morgan fingerprint density at radius 1 is 0.783 bits per heavy atom. The molecule has 2 atom stereocenters. The van der Waals surface area contributed by atoms with Crippen LogP contribution in [0, 0.1) is 0 Å². The highest BCUT2D eigenvalue weighted by atomic mass is 32.2. The van der Waals surface area contributed by atoms with Crippen LogP contribution in [0.2, 0.25) is 0 Å². The van der Waals surface area contributed by atoms with E-state index in [0.717, 1.165) is 40.5 Å². The van der Waals surface area contributed by atoms with Gasteiger partial charge < -0.3 is 19.7 Å². The minimum Gasteiger partial charge on any atom is -0.476 e. The van der Waals surface area contributed by atoms with Gasteiger partial charge in [0.2, 0.25) is 11.4 Å². The van der Waals surface area contributed by atoms with E-state index >= 15 is 0 Å². The van der Waals surface area contributed by atoms with Crippen LogP contribution in [-0.2, 0) is 0 Å². The first kappa shape index (κ1) is 29.0. The molecule has 3 aromatic carbocycles. The highest BCUT2D eigenvalue weighted by Gasteiger charge is 2.26. The van der Waals surface area contributed by atoms with Gasteiger partial charge in [0.25, 0.3) is 11.8 Å². The fraction of sp³-hybridized carbons (Fsp3) is 0.156. The van der Waals surface area contributed by atoms with Crippen LogP contribution in [0.4, 0.5) is 0 Å². The standard InChI is InChI=1S/C32H25N7O6S/c40-31(41)27-29(36-38-34-27)44-22-6-1-17(2-7-22)19-11-12-46-26(14-19)20-5-10-24-21(13-20)15-33-16-25(24)18-3-8-23(9-4-18)45-30-28(32(42)43)35-39-37-30/h1-10,13,15-16,19,26H,11-12,14H2,(H,40,41)(H,42,43)(H,34,36,38)(H,35,37,39). The Morgan fingerprint density at radius 3 is 2.02 bits per heavy atom. The van der Waals surface area contributed by atoms with Crippen LogP contribution >= 0.6 is 11.8 Å². The van der Waals surface area contributed by atoms with Crippen LogP contribution in [0.3, 0.4) is 0 Å². The first-order chi connectivity index (χ1) is 22.4. The number of carboxylic acids is 2. The molecular weight excluding hydrogens is 610 g/mol. The number of aromatic nitrogens is 7. The van der Waals surface area contributed by atoms with Gasteiger partial charge in [0, 0.05) is 28.6 Å². The number of nitrogens with one attached hydrogen (secondary N) is 2. The second-order valence-electron chi connectivity index (χ2n) is 10.6. The van der Waals surface area contributed by atoms with Crippen LogP contribution in [0.25, 0.3) is 21.9 Å². The molecule has 4 heterocycles. The number of pyridine rings is 1. The predicted molar refractivity (Wildman–Crippen MR) is 168 cm³/mol. The van der Waals surface area contributed by atoms with Crippen molar-refractivity contribution in [2.75, 3.05) is 5.75 Å². The monoisotopic (exact) mass is 635 g/mol. The Kier molecular flexibility index (Phi) is 7.76. The number of ether oxygens (including phenoxy) is 2. The Hall–Kier alpha value is -5.76. The number of nitrogens with zero attached hydrogens (tertiary/aromatic N) is 5. The number of carboxylic acid groups (broad SMARTS) is 2. The number of hydrogen-bond donors (Lipinski definition) is 4. The highest BCUT2D eigenvalue weighted by molar-refractivity contribution is 7.99. The predicted octanol–water partition coefficient (Wildman–Crippen LogP) is 6.47. The third kappa shape index (κ3) is 5.85. The third-order valence-corrected chi connectivity index (χ3v) is 9.18. The lowest BCUT2D eigenvalue weighted by Gasteiger charge is -2.29. The molecule has 1 aliphatic rings.